The summed E-state index contributed by atoms with van der Waals surface area (Å²) in [4.78, 5) is 28.0. The van der Waals surface area contributed by atoms with Crippen LogP contribution in [0.1, 0.15) is 16.8 Å². The van der Waals surface area contributed by atoms with Crippen LogP contribution in [0.3, 0.4) is 0 Å². The molecule has 1 fully saturated rings. The summed E-state index contributed by atoms with van der Waals surface area (Å²) in [7, 11) is -3.69. The molecule has 1 amide bonds. The molecule has 0 radical (unpaired) electrons. The lowest BCUT2D eigenvalue weighted by Gasteiger charge is -2.16. The van der Waals surface area contributed by atoms with E-state index >= 15 is 0 Å². The zero-order valence-electron chi connectivity index (χ0n) is 10.7. The highest BCUT2D eigenvalue weighted by atomic mass is 35.5. The second-order valence-electron chi connectivity index (χ2n) is 4.75. The number of primary sulfonamides is 1. The van der Waals surface area contributed by atoms with E-state index in [1.165, 1.54) is 11.0 Å². The summed E-state index contributed by atoms with van der Waals surface area (Å²) in [5, 5.41) is 13.9. The molecule has 1 atom stereocenters. The number of sulfonamides is 1. The number of amides is 1. The Morgan fingerprint density at radius 1 is 1.52 bits per heavy atom. The maximum atomic E-state index is 11.9. The molecule has 1 aromatic rings. The molecule has 3 N–H and O–H groups in total. The first-order chi connectivity index (χ1) is 9.65. The molecule has 114 valence electrons. The zero-order chi connectivity index (χ0) is 15.8. The van der Waals surface area contributed by atoms with E-state index in [2.05, 4.69) is 4.98 Å². The van der Waals surface area contributed by atoms with E-state index in [-0.39, 0.29) is 41.2 Å². The molecule has 0 aromatic carbocycles. The molecule has 2 rings (SSSR count). The summed E-state index contributed by atoms with van der Waals surface area (Å²) in [6, 6.07) is 2.38. The third-order valence-electron chi connectivity index (χ3n) is 2.98. The number of aromatic carboxylic acids is 1. The van der Waals surface area contributed by atoms with Crippen LogP contribution in [0.4, 0.5) is 5.82 Å². The molecular weight excluding hydrogens is 322 g/mol. The monoisotopic (exact) mass is 333 g/mol. The van der Waals surface area contributed by atoms with Gasteiger partial charge in [-0.3, -0.25) is 9.69 Å². The van der Waals surface area contributed by atoms with Crippen molar-refractivity contribution in [2.24, 2.45) is 11.1 Å². The third-order valence-corrected chi connectivity index (χ3v) is 4.11. The van der Waals surface area contributed by atoms with E-state index in [1.807, 2.05) is 0 Å². The summed E-state index contributed by atoms with van der Waals surface area (Å²) in [5.41, 5.74) is -0.104. The van der Waals surface area contributed by atoms with Gasteiger partial charge in [0.15, 0.2) is 0 Å². The molecule has 1 aliphatic rings. The number of hydrogen-bond acceptors (Lipinski definition) is 5. The molecule has 0 spiro atoms. The van der Waals surface area contributed by atoms with E-state index in [0.717, 1.165) is 6.07 Å². The van der Waals surface area contributed by atoms with Gasteiger partial charge < -0.3 is 5.11 Å². The van der Waals surface area contributed by atoms with Gasteiger partial charge in [-0.15, -0.1) is 0 Å². The number of hydrogen-bond donors (Lipinski definition) is 2. The quantitative estimate of drug-likeness (QED) is 0.750. The Hall–Kier alpha value is -1.71. The molecule has 10 heteroatoms. The fourth-order valence-corrected chi connectivity index (χ4v) is 3.27. The van der Waals surface area contributed by atoms with E-state index in [1.54, 1.807) is 0 Å². The van der Waals surface area contributed by atoms with Crippen molar-refractivity contribution in [3.8, 4) is 0 Å². The highest BCUT2D eigenvalue weighted by Gasteiger charge is 2.33. The van der Waals surface area contributed by atoms with Gasteiger partial charge >= 0.3 is 5.97 Å². The van der Waals surface area contributed by atoms with Crippen molar-refractivity contribution in [1.29, 1.82) is 0 Å². The Balaban J connectivity index is 2.27. The van der Waals surface area contributed by atoms with Crippen LogP contribution in [-0.2, 0) is 14.8 Å². The zero-order valence-corrected chi connectivity index (χ0v) is 12.3. The van der Waals surface area contributed by atoms with Crippen LogP contribution < -0.4 is 10.0 Å². The van der Waals surface area contributed by atoms with Gasteiger partial charge in [0.2, 0.25) is 15.9 Å². The lowest BCUT2D eigenvalue weighted by Crippen LogP contribution is -2.28. The maximum absolute atomic E-state index is 11.9. The van der Waals surface area contributed by atoms with Crippen molar-refractivity contribution in [2.45, 2.75) is 6.42 Å². The van der Waals surface area contributed by atoms with Gasteiger partial charge in [-0.1, -0.05) is 11.6 Å². The van der Waals surface area contributed by atoms with Gasteiger partial charge in [0.25, 0.3) is 0 Å². The number of anilines is 1. The third kappa shape index (κ3) is 3.90. The number of carbonyl (C=O) groups excluding carboxylic acids is 1. The SMILES string of the molecule is NS(=O)(=O)CC1CC(=O)N(c2cc(C(=O)O)cc(Cl)n2)C1. The minimum Gasteiger partial charge on any atom is -0.478 e. The van der Waals surface area contributed by atoms with Crippen LogP contribution in [0.25, 0.3) is 0 Å². The van der Waals surface area contributed by atoms with Crippen LogP contribution in [-0.4, -0.2) is 42.7 Å². The van der Waals surface area contributed by atoms with Gasteiger partial charge in [-0.25, -0.2) is 23.3 Å². The first-order valence-corrected chi connectivity index (χ1v) is 7.97. The summed E-state index contributed by atoms with van der Waals surface area (Å²) in [6.45, 7) is 0.0989. The van der Waals surface area contributed by atoms with Crippen molar-refractivity contribution in [3.63, 3.8) is 0 Å². The topological polar surface area (TPSA) is 131 Å². The molecule has 1 unspecified atom stereocenters. The molecule has 21 heavy (non-hydrogen) atoms. The normalized spacial score (nSPS) is 19.0. The molecule has 1 saturated heterocycles. The van der Waals surface area contributed by atoms with Crippen molar-refractivity contribution in [2.75, 3.05) is 17.2 Å². The number of halogens is 1. The van der Waals surface area contributed by atoms with Crippen LogP contribution >= 0.6 is 11.6 Å². The van der Waals surface area contributed by atoms with Crippen LogP contribution in [0.2, 0.25) is 5.15 Å². The van der Waals surface area contributed by atoms with Crippen molar-refractivity contribution in [1.82, 2.24) is 4.98 Å². The van der Waals surface area contributed by atoms with Gasteiger partial charge in [0.05, 0.1) is 11.3 Å². The number of aromatic nitrogens is 1. The molecule has 0 aliphatic carbocycles. The van der Waals surface area contributed by atoms with Crippen molar-refractivity contribution in [3.05, 3.63) is 22.8 Å². The molecular formula is C11H12ClN3O5S. The molecule has 2 heterocycles. The molecule has 8 nitrogen and oxygen atoms in total. The van der Waals surface area contributed by atoms with Gasteiger partial charge in [-0.2, -0.15) is 0 Å². The van der Waals surface area contributed by atoms with E-state index in [9.17, 15) is 18.0 Å². The summed E-state index contributed by atoms with van der Waals surface area (Å²) >= 11 is 5.73. The highest BCUT2D eigenvalue weighted by Crippen LogP contribution is 2.26. The number of carboxylic acid groups (broad SMARTS) is 1. The molecule has 0 saturated carbocycles. The van der Waals surface area contributed by atoms with Crippen molar-refractivity contribution < 1.29 is 23.1 Å². The smallest absolute Gasteiger partial charge is 0.335 e. The first-order valence-electron chi connectivity index (χ1n) is 5.87. The fourth-order valence-electron chi connectivity index (χ4n) is 2.19. The standard InChI is InChI=1S/C11H12ClN3O5S/c12-8-2-7(11(17)18)3-9(14-8)15-4-6(1-10(15)16)5-21(13,19)20/h2-3,6H,1,4-5H2,(H,17,18)(H2,13,19,20). The lowest BCUT2D eigenvalue weighted by molar-refractivity contribution is -0.117. The van der Waals surface area contributed by atoms with Gasteiger partial charge in [-0.05, 0) is 12.1 Å². The Labute approximate surface area is 125 Å². The minimum absolute atomic E-state index is 0.00697. The first kappa shape index (κ1) is 15.7. The fraction of sp³-hybridized carbons (Fsp3) is 0.364. The number of nitrogens with zero attached hydrogens (tertiary/aromatic N) is 2. The number of nitrogens with two attached hydrogens (primary N) is 1. The predicted octanol–water partition coefficient (Wildman–Crippen LogP) is 0.0746. The summed E-state index contributed by atoms with van der Waals surface area (Å²) < 4.78 is 22.1. The largest absolute Gasteiger partial charge is 0.478 e. The summed E-state index contributed by atoms with van der Waals surface area (Å²) in [6.07, 6.45) is 0.00697. The van der Waals surface area contributed by atoms with Gasteiger partial charge in [0.1, 0.15) is 11.0 Å². The Morgan fingerprint density at radius 3 is 2.76 bits per heavy atom. The lowest BCUT2D eigenvalue weighted by atomic mass is 10.1. The number of pyridine rings is 1. The second-order valence-corrected chi connectivity index (χ2v) is 6.79. The Bertz CT molecular complexity index is 706. The Morgan fingerprint density at radius 2 is 2.19 bits per heavy atom. The van der Waals surface area contributed by atoms with E-state index < -0.39 is 21.9 Å². The van der Waals surface area contributed by atoms with E-state index in [4.69, 9.17) is 21.8 Å². The average Bonchev–Trinajstić information content (AvgIpc) is 2.66. The predicted molar refractivity (Wildman–Crippen MR) is 74.6 cm³/mol. The highest BCUT2D eigenvalue weighted by molar-refractivity contribution is 7.89. The van der Waals surface area contributed by atoms with Crippen molar-refractivity contribution >= 4 is 39.3 Å². The van der Waals surface area contributed by atoms with E-state index in [0.29, 0.717) is 0 Å². The Kier molecular flexibility index (Phi) is 4.17. The molecule has 1 aliphatic heterocycles. The number of carbonyl (C=O) groups is 2. The van der Waals surface area contributed by atoms with Crippen LogP contribution in [0.5, 0.6) is 0 Å². The number of carboxylic acids is 1. The maximum Gasteiger partial charge on any atom is 0.335 e. The molecule has 1 aromatic heterocycles. The second kappa shape index (κ2) is 5.58. The molecule has 0 bridgehead atoms. The minimum atomic E-state index is -3.69. The average molecular weight is 334 g/mol. The van der Waals surface area contributed by atoms with Crippen LogP contribution in [0, 0.1) is 5.92 Å². The summed E-state index contributed by atoms with van der Waals surface area (Å²) in [5.74, 6) is -2.24. The number of rotatable bonds is 4. The van der Waals surface area contributed by atoms with Gasteiger partial charge in [0, 0.05) is 18.9 Å². The van der Waals surface area contributed by atoms with Crippen LogP contribution in [0.15, 0.2) is 12.1 Å².